The summed E-state index contributed by atoms with van der Waals surface area (Å²) < 4.78 is 11.1. The number of para-hydroxylation sites is 1. The Bertz CT molecular complexity index is 1290. The lowest BCUT2D eigenvalue weighted by atomic mass is 10.1. The van der Waals surface area contributed by atoms with E-state index < -0.39 is 17.8 Å². The van der Waals surface area contributed by atoms with Crippen LogP contribution in [0.3, 0.4) is 0 Å². The Morgan fingerprint density at radius 2 is 1.47 bits per heavy atom. The largest absolute Gasteiger partial charge is 0.490 e. The number of carbonyl (C=O) groups is 4. The second kappa shape index (κ2) is 10.7. The lowest BCUT2D eigenvalue weighted by molar-refractivity contribution is -0.139. The van der Waals surface area contributed by atoms with E-state index in [0.717, 1.165) is 9.80 Å². The normalized spacial score (nSPS) is 13.2. The highest BCUT2D eigenvalue weighted by atomic mass is 16.5. The van der Waals surface area contributed by atoms with Gasteiger partial charge in [0.05, 0.1) is 25.4 Å². The maximum atomic E-state index is 13.1. The number of rotatable bonds is 9. The number of nitrogens with one attached hydrogen (secondary N) is 1. The summed E-state index contributed by atoms with van der Waals surface area (Å²) in [6.07, 6.45) is 0. The van der Waals surface area contributed by atoms with Crippen molar-refractivity contribution in [3.8, 4) is 11.5 Å². The average Bonchev–Trinajstić information content (AvgIpc) is 3.09. The molecule has 3 aromatic rings. The van der Waals surface area contributed by atoms with Crippen LogP contribution in [0.15, 0.2) is 72.8 Å². The van der Waals surface area contributed by atoms with Crippen LogP contribution >= 0.6 is 0 Å². The van der Waals surface area contributed by atoms with Crippen molar-refractivity contribution in [2.75, 3.05) is 23.4 Å². The molecule has 0 radical (unpaired) electrons. The highest BCUT2D eigenvalue weighted by molar-refractivity contribution is 6.52. The van der Waals surface area contributed by atoms with Crippen LogP contribution in [0.25, 0.3) is 0 Å². The van der Waals surface area contributed by atoms with Gasteiger partial charge in [-0.1, -0.05) is 30.3 Å². The molecule has 1 heterocycles. The molecular weight excluding hydrogens is 462 g/mol. The van der Waals surface area contributed by atoms with Gasteiger partial charge in [-0.05, 0) is 55.8 Å². The molecule has 0 atom stereocenters. The zero-order chi connectivity index (χ0) is 25.7. The molecule has 9 heteroatoms. The molecule has 1 saturated heterocycles. The molecular formula is C27H25N3O6. The monoisotopic (exact) mass is 487 g/mol. The van der Waals surface area contributed by atoms with Gasteiger partial charge >= 0.3 is 17.8 Å². The predicted octanol–water partition coefficient (Wildman–Crippen LogP) is 4.23. The van der Waals surface area contributed by atoms with Gasteiger partial charge in [0.1, 0.15) is 0 Å². The van der Waals surface area contributed by atoms with Crippen LogP contribution in [0.2, 0.25) is 0 Å². The zero-order valence-corrected chi connectivity index (χ0v) is 19.9. The number of imide groups is 2. The molecule has 4 rings (SSSR count). The van der Waals surface area contributed by atoms with E-state index in [9.17, 15) is 19.2 Å². The van der Waals surface area contributed by atoms with Gasteiger partial charge in [-0.2, -0.15) is 0 Å². The number of urea groups is 1. The summed E-state index contributed by atoms with van der Waals surface area (Å²) in [6.45, 7) is 4.29. The van der Waals surface area contributed by atoms with Gasteiger partial charge in [-0.15, -0.1) is 0 Å². The smallest absolute Gasteiger partial charge is 0.339 e. The Kier molecular flexibility index (Phi) is 7.29. The number of nitrogens with zero attached hydrogens (tertiary/aromatic N) is 2. The Morgan fingerprint density at radius 1 is 0.806 bits per heavy atom. The number of anilines is 2. The third kappa shape index (κ3) is 5.05. The van der Waals surface area contributed by atoms with E-state index >= 15 is 0 Å². The molecule has 1 aliphatic rings. The highest BCUT2D eigenvalue weighted by Gasteiger charge is 2.45. The third-order valence-electron chi connectivity index (χ3n) is 5.43. The maximum absolute atomic E-state index is 13.1. The van der Waals surface area contributed by atoms with Crippen LogP contribution in [0.5, 0.6) is 11.5 Å². The van der Waals surface area contributed by atoms with E-state index in [4.69, 9.17) is 9.47 Å². The second-order valence-electron chi connectivity index (χ2n) is 7.83. The topological polar surface area (TPSA) is 105 Å². The maximum Gasteiger partial charge on any atom is 0.339 e. The molecule has 0 bridgehead atoms. The SMILES string of the molecule is CCOc1ccc(N2C(=O)C(=O)N(Cc3ccc(C(=O)Nc4ccccc4)cc3)C2=O)cc1OCC. The molecule has 184 valence electrons. The number of ether oxygens (including phenoxy) is 2. The zero-order valence-electron chi connectivity index (χ0n) is 19.9. The van der Waals surface area contributed by atoms with Crippen LogP contribution in [-0.4, -0.2) is 41.9 Å². The first-order valence-corrected chi connectivity index (χ1v) is 11.5. The summed E-state index contributed by atoms with van der Waals surface area (Å²) in [5.41, 5.74) is 1.88. The minimum Gasteiger partial charge on any atom is -0.490 e. The summed E-state index contributed by atoms with van der Waals surface area (Å²) >= 11 is 0. The molecule has 5 amide bonds. The number of benzene rings is 3. The van der Waals surface area contributed by atoms with E-state index in [0.29, 0.717) is 41.5 Å². The van der Waals surface area contributed by atoms with Crippen LogP contribution in [0, 0.1) is 0 Å². The summed E-state index contributed by atoms with van der Waals surface area (Å²) in [5, 5.41) is 2.79. The number of carbonyl (C=O) groups excluding carboxylic acids is 4. The average molecular weight is 488 g/mol. The highest BCUT2D eigenvalue weighted by Crippen LogP contribution is 2.34. The van der Waals surface area contributed by atoms with Crippen molar-refractivity contribution in [3.05, 3.63) is 83.9 Å². The van der Waals surface area contributed by atoms with E-state index in [-0.39, 0.29) is 18.1 Å². The molecule has 0 unspecified atom stereocenters. The van der Waals surface area contributed by atoms with Gasteiger partial charge in [0.2, 0.25) is 0 Å². The lowest BCUT2D eigenvalue weighted by Crippen LogP contribution is -2.33. The van der Waals surface area contributed by atoms with Gasteiger partial charge in [0.25, 0.3) is 5.91 Å². The van der Waals surface area contributed by atoms with Crippen molar-refractivity contribution >= 4 is 35.1 Å². The molecule has 1 fully saturated rings. The van der Waals surface area contributed by atoms with Crippen molar-refractivity contribution in [3.63, 3.8) is 0 Å². The fraction of sp³-hybridized carbons (Fsp3) is 0.185. The van der Waals surface area contributed by atoms with Gasteiger partial charge in [-0.25, -0.2) is 9.69 Å². The van der Waals surface area contributed by atoms with E-state index in [1.807, 2.05) is 25.1 Å². The first-order chi connectivity index (χ1) is 17.4. The van der Waals surface area contributed by atoms with E-state index in [2.05, 4.69) is 5.32 Å². The van der Waals surface area contributed by atoms with Gasteiger partial charge < -0.3 is 14.8 Å². The van der Waals surface area contributed by atoms with Crippen molar-refractivity contribution in [2.24, 2.45) is 0 Å². The van der Waals surface area contributed by atoms with Crippen LogP contribution in [-0.2, 0) is 16.1 Å². The summed E-state index contributed by atoms with van der Waals surface area (Å²) in [6, 6.07) is 19.4. The third-order valence-corrected chi connectivity index (χ3v) is 5.43. The Hall–Kier alpha value is -4.66. The Labute approximate surface area is 208 Å². The number of hydrogen-bond donors (Lipinski definition) is 1. The minimum absolute atomic E-state index is 0.115. The van der Waals surface area contributed by atoms with Gasteiger partial charge in [0, 0.05) is 17.3 Å². The molecule has 3 aromatic carbocycles. The van der Waals surface area contributed by atoms with E-state index in [1.54, 1.807) is 49.4 Å². The summed E-state index contributed by atoms with van der Waals surface area (Å²) in [5.74, 6) is -1.33. The van der Waals surface area contributed by atoms with Crippen molar-refractivity contribution in [1.82, 2.24) is 4.90 Å². The predicted molar refractivity (Wildman–Crippen MR) is 133 cm³/mol. The lowest BCUT2D eigenvalue weighted by Gasteiger charge is -2.18. The summed E-state index contributed by atoms with van der Waals surface area (Å²) in [7, 11) is 0. The molecule has 1 aliphatic heterocycles. The van der Waals surface area contributed by atoms with Crippen LogP contribution in [0.4, 0.5) is 16.2 Å². The van der Waals surface area contributed by atoms with Crippen molar-refractivity contribution < 1.29 is 28.7 Å². The molecule has 0 spiro atoms. The Morgan fingerprint density at radius 3 is 2.14 bits per heavy atom. The number of amides is 5. The quantitative estimate of drug-likeness (QED) is 0.358. The van der Waals surface area contributed by atoms with Crippen molar-refractivity contribution in [2.45, 2.75) is 20.4 Å². The minimum atomic E-state index is -0.953. The first kappa shape index (κ1) is 24.5. The molecule has 36 heavy (non-hydrogen) atoms. The summed E-state index contributed by atoms with van der Waals surface area (Å²) in [4.78, 5) is 52.6. The van der Waals surface area contributed by atoms with Crippen molar-refractivity contribution in [1.29, 1.82) is 0 Å². The van der Waals surface area contributed by atoms with E-state index in [1.165, 1.54) is 12.1 Å². The van der Waals surface area contributed by atoms with Gasteiger partial charge in [0.15, 0.2) is 11.5 Å². The molecule has 0 aromatic heterocycles. The van der Waals surface area contributed by atoms with Crippen LogP contribution < -0.4 is 19.7 Å². The van der Waals surface area contributed by atoms with Gasteiger partial charge in [-0.3, -0.25) is 19.3 Å². The second-order valence-corrected chi connectivity index (χ2v) is 7.83. The molecule has 0 aliphatic carbocycles. The Balaban J connectivity index is 1.49. The van der Waals surface area contributed by atoms with Crippen LogP contribution in [0.1, 0.15) is 29.8 Å². The molecule has 9 nitrogen and oxygen atoms in total. The fourth-order valence-corrected chi connectivity index (χ4v) is 3.72. The fourth-order valence-electron chi connectivity index (χ4n) is 3.72. The molecule has 1 N–H and O–H groups in total. The first-order valence-electron chi connectivity index (χ1n) is 11.5. The number of hydrogen-bond acceptors (Lipinski definition) is 6. The standard InChI is InChI=1S/C27H25N3O6/c1-3-35-22-15-14-21(16-23(22)36-4-2)30-26(33)25(32)29(27(30)34)17-18-10-12-19(13-11-18)24(31)28-20-8-6-5-7-9-20/h5-16H,3-4,17H2,1-2H3,(H,28,31). The molecule has 0 saturated carbocycles.